The van der Waals surface area contributed by atoms with Crippen molar-refractivity contribution in [3.63, 3.8) is 0 Å². The van der Waals surface area contributed by atoms with Crippen LogP contribution in [0.5, 0.6) is 0 Å². The number of carboxylic acids is 3. The van der Waals surface area contributed by atoms with E-state index >= 15 is 0 Å². The molecule has 0 unspecified atom stereocenters. The molecule has 0 saturated carbocycles. The molecule has 19 heavy (non-hydrogen) atoms. The predicted molar refractivity (Wildman–Crippen MR) is 67.9 cm³/mol. The van der Waals surface area contributed by atoms with Gasteiger partial charge in [-0.05, 0) is 0 Å². The number of hydrogen-bond acceptors (Lipinski definition) is 5. The number of rotatable bonds is 6. The smallest absolute Gasteiger partial charge is 1.00 e. The van der Waals surface area contributed by atoms with Gasteiger partial charge in [-0.15, -0.1) is 0 Å². The molecule has 0 aromatic carbocycles. The molecule has 0 aromatic heterocycles. The topological polar surface area (TPSA) is 158 Å². The first-order valence-corrected chi connectivity index (χ1v) is 3.78. The summed E-state index contributed by atoms with van der Waals surface area (Å²) in [7, 11) is 0. The van der Waals surface area contributed by atoms with Crippen LogP contribution in [0.4, 0.5) is 4.79 Å². The van der Waals surface area contributed by atoms with Gasteiger partial charge in [0.2, 0.25) is 5.60 Å². The monoisotopic (exact) mass is 362 g/mol. The van der Waals surface area contributed by atoms with Crippen molar-refractivity contribution < 1.29 is 52.9 Å². The third-order valence-electron chi connectivity index (χ3n) is 1.55. The Bertz CT molecular complexity index is 322. The molecule has 0 amide bonds. The quantitative estimate of drug-likeness (QED) is 0.343. The van der Waals surface area contributed by atoms with Crippen LogP contribution < -0.4 is 0 Å². The van der Waals surface area contributed by atoms with Crippen LogP contribution in [0.25, 0.3) is 0 Å². The van der Waals surface area contributed by atoms with Crippen molar-refractivity contribution in [2.24, 2.45) is 0 Å². The summed E-state index contributed by atoms with van der Waals surface area (Å²) in [4.78, 5) is 41.6. The Balaban J connectivity index is -0.0000000312. The van der Waals surface area contributed by atoms with Gasteiger partial charge in [0.05, 0.1) is 12.8 Å². The summed E-state index contributed by atoms with van der Waals surface area (Å²) in [6.07, 6.45) is -4.62. The fourth-order valence-corrected chi connectivity index (χ4v) is 0.985. The summed E-state index contributed by atoms with van der Waals surface area (Å²) in [5.74, 6) is -5.35. The molecule has 0 aliphatic rings. The van der Waals surface area contributed by atoms with E-state index < -0.39 is 42.5 Å². The molecule has 0 saturated heterocycles. The first-order valence-electron chi connectivity index (χ1n) is 3.78. The summed E-state index contributed by atoms with van der Waals surface area (Å²) < 4.78 is 3.88. The normalized spacial score (nSPS) is 8.84. The van der Waals surface area contributed by atoms with E-state index in [-0.39, 0.29) is 122 Å². The molecule has 0 fully saturated rings. The average Bonchev–Trinajstić information content (AvgIpc) is 1.98. The molecular weight excluding hydrogens is 348 g/mol. The molecule has 12 heteroatoms. The van der Waals surface area contributed by atoms with Crippen molar-refractivity contribution in [1.82, 2.24) is 0 Å². The van der Waals surface area contributed by atoms with Crippen LogP contribution in [0.3, 0.4) is 0 Å². The van der Waals surface area contributed by atoms with Gasteiger partial charge in [-0.1, -0.05) is 0 Å². The van der Waals surface area contributed by atoms with Crippen molar-refractivity contribution >= 4 is 137 Å². The summed E-state index contributed by atoms with van der Waals surface area (Å²) >= 11 is 0. The Morgan fingerprint density at radius 1 is 0.842 bits per heavy atom. The van der Waals surface area contributed by atoms with Crippen molar-refractivity contribution in [2.75, 3.05) is 0 Å². The molecule has 0 aliphatic heterocycles. The molecule has 0 aliphatic carbocycles. The zero-order valence-corrected chi connectivity index (χ0v) is 16.5. The summed E-state index contributed by atoms with van der Waals surface area (Å²) in [5.41, 5.74) is -2.82. The summed E-state index contributed by atoms with van der Waals surface area (Å²) in [6, 6.07) is 0. The van der Waals surface area contributed by atoms with Gasteiger partial charge in [-0.3, -0.25) is 9.59 Å². The maximum absolute atomic E-state index is 10.7. The van der Waals surface area contributed by atoms with Gasteiger partial charge in [-0.2, -0.15) is 0 Å². The van der Waals surface area contributed by atoms with E-state index in [0.29, 0.717) is 0 Å². The fraction of sp³-hybridized carbons (Fsp3) is 0.429. The van der Waals surface area contributed by atoms with Crippen molar-refractivity contribution in [3.8, 4) is 0 Å². The van der Waals surface area contributed by atoms with Gasteiger partial charge in [-0.25, -0.2) is 9.59 Å². The molecule has 102 valence electrons. The second kappa shape index (κ2) is 13.1. The van der Waals surface area contributed by atoms with E-state index in [1.54, 1.807) is 0 Å². The van der Waals surface area contributed by atoms with Crippen molar-refractivity contribution in [1.29, 1.82) is 0 Å². The predicted octanol–water partition coefficient (Wildman–Crippen LogP) is -1.01. The van der Waals surface area contributed by atoms with Gasteiger partial charge in [0.25, 0.3) is 0 Å². The van der Waals surface area contributed by atoms with Gasteiger partial charge in [0.1, 0.15) is 0 Å². The zero-order valence-electron chi connectivity index (χ0n) is 15.9. The van der Waals surface area contributed by atoms with E-state index in [0.717, 1.165) is 0 Å². The summed E-state index contributed by atoms with van der Waals surface area (Å²) in [6.45, 7) is 0. The van der Waals surface area contributed by atoms with Crippen LogP contribution in [0, 0.1) is 0 Å². The number of carbonyl (C=O) groups is 4. The zero-order chi connectivity index (χ0) is 12.9. The Morgan fingerprint density at radius 3 is 1.32 bits per heavy atom. The second-order valence-electron chi connectivity index (χ2n) is 2.81. The number of aliphatic carboxylic acids is 3. The third kappa shape index (κ3) is 11.8. The van der Waals surface area contributed by atoms with Crippen LogP contribution in [0.2, 0.25) is 0 Å². The minimum absolute atomic E-state index is 0. The molecule has 0 spiro atoms. The maximum Gasteiger partial charge on any atom is 2.00 e. The summed E-state index contributed by atoms with van der Waals surface area (Å²) in [5, 5.41) is 33.7. The Hall–Kier alpha value is 1.46. The first-order chi connectivity index (χ1) is 7.19. The van der Waals surface area contributed by atoms with Gasteiger partial charge >= 0.3 is 137 Å². The Labute approximate surface area is 205 Å². The molecule has 0 heterocycles. The SMILES string of the molecule is O=C(O)CC(CC(=O)O)(OC(=O)O)C(=O)O.[Ca+2].[Ca+2].[Ca+2].[H-].[H-].[H-].[H-].[H-].[H-]. The van der Waals surface area contributed by atoms with Crippen molar-refractivity contribution in [2.45, 2.75) is 18.4 Å². The van der Waals surface area contributed by atoms with Crippen LogP contribution in [0.1, 0.15) is 21.4 Å². The Kier molecular flexibility index (Phi) is 19.8. The van der Waals surface area contributed by atoms with Crippen LogP contribution in [-0.2, 0) is 19.1 Å². The number of hydrogen-bond donors (Lipinski definition) is 4. The fourth-order valence-electron chi connectivity index (χ4n) is 0.985. The molecule has 0 bridgehead atoms. The molecule has 0 rings (SSSR count). The molecule has 0 aromatic rings. The van der Waals surface area contributed by atoms with Gasteiger partial charge < -0.3 is 33.7 Å². The molecule has 9 nitrogen and oxygen atoms in total. The van der Waals surface area contributed by atoms with Gasteiger partial charge in [0, 0.05) is 0 Å². The van der Waals surface area contributed by atoms with Crippen LogP contribution in [-0.4, -0.2) is 163 Å². The van der Waals surface area contributed by atoms with E-state index in [2.05, 4.69) is 4.74 Å². The van der Waals surface area contributed by atoms with Crippen molar-refractivity contribution in [3.05, 3.63) is 0 Å². The third-order valence-corrected chi connectivity index (χ3v) is 1.55. The number of ether oxygens (including phenoxy) is 1. The average molecular weight is 362 g/mol. The maximum atomic E-state index is 10.7. The van der Waals surface area contributed by atoms with E-state index in [9.17, 15) is 19.2 Å². The molecular formula is C7H14Ca3O9. The largest absolute Gasteiger partial charge is 2.00 e. The molecule has 0 radical (unpaired) electrons. The van der Waals surface area contributed by atoms with E-state index in [1.165, 1.54) is 0 Å². The number of carboxylic acid groups (broad SMARTS) is 4. The second-order valence-corrected chi connectivity index (χ2v) is 2.81. The van der Waals surface area contributed by atoms with Crippen LogP contribution in [0.15, 0.2) is 0 Å². The van der Waals surface area contributed by atoms with Gasteiger partial charge in [0.15, 0.2) is 0 Å². The minimum Gasteiger partial charge on any atom is -1.00 e. The Morgan fingerprint density at radius 2 is 1.16 bits per heavy atom. The van der Waals surface area contributed by atoms with Crippen LogP contribution >= 0.6 is 0 Å². The first kappa shape index (κ1) is 28.6. The molecule has 4 N–H and O–H groups in total. The minimum atomic E-state index is -2.82. The van der Waals surface area contributed by atoms with E-state index in [1.807, 2.05) is 0 Å². The van der Waals surface area contributed by atoms with E-state index in [4.69, 9.17) is 20.4 Å². The standard InChI is InChI=1S/C7H8O9.3Ca.6H/c8-3(9)1-7(5(12)13,2-4(10)11)16-6(14)15;;;;;;;;;/h1-2H2,(H,8,9)(H,10,11)(H,12,13)(H,14,15);;;;;;;;;/q;3*+2;6*-1. The molecule has 0 atom stereocenters.